The van der Waals surface area contributed by atoms with Gasteiger partial charge in [-0.1, -0.05) is 65.7 Å². The first-order valence-electron chi connectivity index (χ1n) is 13.3. The van der Waals surface area contributed by atoms with Crippen molar-refractivity contribution in [3.8, 4) is 5.69 Å². The lowest BCUT2D eigenvalue weighted by atomic mass is 9.93. The number of aliphatic imine (C=N–C) groups is 2. The third-order valence-corrected chi connectivity index (χ3v) is 7.43. The minimum absolute atomic E-state index is 0.282. The van der Waals surface area contributed by atoms with Crippen LogP contribution in [0.4, 0.5) is 27.3 Å². The van der Waals surface area contributed by atoms with Crippen molar-refractivity contribution in [2.75, 3.05) is 10.2 Å². The van der Waals surface area contributed by atoms with Crippen molar-refractivity contribution in [2.45, 2.75) is 26.8 Å². The lowest BCUT2D eigenvalue weighted by Gasteiger charge is -2.40. The van der Waals surface area contributed by atoms with Gasteiger partial charge in [0.2, 0.25) is 0 Å². The maximum atomic E-state index is 15.7. The van der Waals surface area contributed by atoms with Gasteiger partial charge in [-0.3, -0.25) is 0 Å². The number of nitrogens with one attached hydrogen (secondary N) is 1. The van der Waals surface area contributed by atoms with Gasteiger partial charge in [-0.2, -0.15) is 5.10 Å². The van der Waals surface area contributed by atoms with Gasteiger partial charge in [-0.25, -0.2) is 19.1 Å². The van der Waals surface area contributed by atoms with Gasteiger partial charge in [-0.05, 0) is 63.2 Å². The molecule has 40 heavy (non-hydrogen) atoms. The van der Waals surface area contributed by atoms with Gasteiger partial charge < -0.3 is 10.2 Å². The van der Waals surface area contributed by atoms with Crippen molar-refractivity contribution in [3.63, 3.8) is 0 Å². The van der Waals surface area contributed by atoms with E-state index in [2.05, 4.69) is 48.3 Å². The molecule has 1 N–H and O–H groups in total. The SMILES string of the molecule is Cc1ccc(NC2=Nc3ccccc3N3C2=Nc2c(c(C)nn2-c2ccc(C)cc2)[C@@H]3c2ccccc2F)cc1. The van der Waals surface area contributed by atoms with Gasteiger partial charge in [0.1, 0.15) is 5.82 Å². The van der Waals surface area contributed by atoms with E-state index in [-0.39, 0.29) is 5.82 Å². The second-order valence-electron chi connectivity index (χ2n) is 10.2. The number of benzene rings is 4. The molecule has 2 aliphatic rings. The zero-order chi connectivity index (χ0) is 27.4. The number of hydrogen-bond acceptors (Lipinski definition) is 5. The number of hydrogen-bond donors (Lipinski definition) is 1. The van der Waals surface area contributed by atoms with Crippen LogP contribution in [0.3, 0.4) is 0 Å². The highest BCUT2D eigenvalue weighted by atomic mass is 19.1. The summed E-state index contributed by atoms with van der Waals surface area (Å²) < 4.78 is 17.5. The van der Waals surface area contributed by atoms with Gasteiger partial charge >= 0.3 is 0 Å². The maximum absolute atomic E-state index is 15.7. The number of halogens is 1. The molecule has 3 heterocycles. The van der Waals surface area contributed by atoms with Gasteiger partial charge in [0.15, 0.2) is 17.5 Å². The topological polar surface area (TPSA) is 57.8 Å². The Hall–Kier alpha value is -5.04. The first-order chi connectivity index (χ1) is 19.5. The largest absolute Gasteiger partial charge is 0.337 e. The zero-order valence-corrected chi connectivity index (χ0v) is 22.4. The summed E-state index contributed by atoms with van der Waals surface area (Å²) in [6.45, 7) is 6.08. The average Bonchev–Trinajstić information content (AvgIpc) is 3.30. The number of aryl methyl sites for hydroxylation is 3. The Labute approximate surface area is 232 Å². The highest BCUT2D eigenvalue weighted by Crippen LogP contribution is 2.48. The molecule has 0 spiro atoms. The predicted octanol–water partition coefficient (Wildman–Crippen LogP) is 7.73. The molecule has 0 fully saturated rings. The highest BCUT2D eigenvalue weighted by Gasteiger charge is 2.42. The Kier molecular flexibility index (Phi) is 5.59. The zero-order valence-electron chi connectivity index (χ0n) is 22.4. The molecule has 4 aromatic carbocycles. The van der Waals surface area contributed by atoms with E-state index >= 15 is 4.39 Å². The van der Waals surface area contributed by atoms with Crippen LogP contribution < -0.4 is 10.2 Å². The third-order valence-electron chi connectivity index (χ3n) is 7.43. The molecule has 196 valence electrons. The molecule has 1 atom stereocenters. The molecule has 0 aliphatic carbocycles. The van der Waals surface area contributed by atoms with Crippen LogP contribution in [0.25, 0.3) is 5.69 Å². The van der Waals surface area contributed by atoms with E-state index in [1.165, 1.54) is 11.6 Å². The first-order valence-corrected chi connectivity index (χ1v) is 13.3. The molecule has 7 heteroatoms. The number of fused-ring (bicyclic) bond motifs is 4. The van der Waals surface area contributed by atoms with E-state index in [9.17, 15) is 0 Å². The summed E-state index contributed by atoms with van der Waals surface area (Å²) in [5, 5.41) is 8.42. The molecule has 7 rings (SSSR count). The molecule has 5 aromatic rings. The lowest BCUT2D eigenvalue weighted by Crippen LogP contribution is -2.46. The number of nitrogens with zero attached hydrogens (tertiary/aromatic N) is 5. The first kappa shape index (κ1) is 24.0. The maximum Gasteiger partial charge on any atom is 0.179 e. The molecule has 2 aliphatic heterocycles. The number of para-hydroxylation sites is 2. The molecular weight excluding hydrogens is 499 g/mol. The Morgan fingerprint density at radius 1 is 0.750 bits per heavy atom. The number of aromatic nitrogens is 2. The second-order valence-corrected chi connectivity index (χ2v) is 10.2. The Bertz CT molecular complexity index is 1820. The molecule has 0 unspecified atom stereocenters. The van der Waals surface area contributed by atoms with Gasteiger partial charge in [0.25, 0.3) is 0 Å². The van der Waals surface area contributed by atoms with E-state index in [4.69, 9.17) is 15.1 Å². The van der Waals surface area contributed by atoms with Crippen LogP contribution in [0, 0.1) is 26.6 Å². The Balaban J connectivity index is 1.50. The molecular formula is C33H27FN6. The minimum atomic E-state index is -0.505. The fourth-order valence-electron chi connectivity index (χ4n) is 5.43. The predicted molar refractivity (Wildman–Crippen MR) is 159 cm³/mol. The van der Waals surface area contributed by atoms with Crippen molar-refractivity contribution in [3.05, 3.63) is 131 Å². The van der Waals surface area contributed by atoms with E-state index in [0.717, 1.165) is 39.6 Å². The number of anilines is 2. The normalized spacial score (nSPS) is 15.5. The monoisotopic (exact) mass is 526 g/mol. The summed E-state index contributed by atoms with van der Waals surface area (Å²) in [7, 11) is 0. The number of amidine groups is 2. The van der Waals surface area contributed by atoms with Crippen molar-refractivity contribution < 1.29 is 4.39 Å². The smallest absolute Gasteiger partial charge is 0.179 e. The fourth-order valence-corrected chi connectivity index (χ4v) is 5.43. The van der Waals surface area contributed by atoms with E-state index in [0.29, 0.717) is 23.1 Å². The molecule has 0 saturated heterocycles. The highest BCUT2D eigenvalue weighted by molar-refractivity contribution is 6.51. The minimum Gasteiger partial charge on any atom is -0.337 e. The summed E-state index contributed by atoms with van der Waals surface area (Å²) >= 11 is 0. The quantitative estimate of drug-likeness (QED) is 0.262. The van der Waals surface area contributed by atoms with Gasteiger partial charge in [0, 0.05) is 16.8 Å². The van der Waals surface area contributed by atoms with Crippen molar-refractivity contribution in [1.29, 1.82) is 0 Å². The van der Waals surface area contributed by atoms with Crippen LogP contribution in [0.2, 0.25) is 0 Å². The van der Waals surface area contributed by atoms with Crippen LogP contribution in [0.1, 0.15) is 34.0 Å². The average molecular weight is 527 g/mol. The van der Waals surface area contributed by atoms with Gasteiger partial charge in [-0.15, -0.1) is 0 Å². The third kappa shape index (κ3) is 3.90. The van der Waals surface area contributed by atoms with Crippen LogP contribution in [0.15, 0.2) is 107 Å². The summed E-state index contributed by atoms with van der Waals surface area (Å²) in [6.07, 6.45) is 0. The lowest BCUT2D eigenvalue weighted by molar-refractivity contribution is 0.597. The van der Waals surface area contributed by atoms with E-state index in [1.807, 2.05) is 72.3 Å². The molecule has 6 nitrogen and oxygen atoms in total. The standard InChI is InChI=1S/C33H27FN6/c1-20-12-16-23(17-13-20)35-31-33-37-32-29(22(3)38-40(32)24-18-14-21(2)15-19-24)30(25-8-4-5-9-26(25)34)39(33)28-11-7-6-10-27(28)36-31/h4-19,30H,1-3H3,(H,35,36)/t30-/m0/s1. The molecule has 0 saturated carbocycles. The van der Waals surface area contributed by atoms with Crippen LogP contribution in [-0.2, 0) is 0 Å². The summed E-state index contributed by atoms with van der Waals surface area (Å²) in [5.41, 5.74) is 7.95. The van der Waals surface area contributed by atoms with E-state index < -0.39 is 6.04 Å². The molecule has 0 bridgehead atoms. The Morgan fingerprint density at radius 3 is 2.17 bits per heavy atom. The fraction of sp³-hybridized carbons (Fsp3) is 0.121. The Morgan fingerprint density at radius 2 is 1.43 bits per heavy atom. The van der Waals surface area contributed by atoms with Crippen molar-refractivity contribution in [1.82, 2.24) is 9.78 Å². The van der Waals surface area contributed by atoms with Crippen molar-refractivity contribution >= 4 is 34.6 Å². The molecule has 0 amide bonds. The summed E-state index contributed by atoms with van der Waals surface area (Å²) in [4.78, 5) is 12.3. The number of rotatable bonds is 3. The van der Waals surface area contributed by atoms with Crippen molar-refractivity contribution in [2.24, 2.45) is 9.98 Å². The molecule has 0 radical (unpaired) electrons. The van der Waals surface area contributed by atoms with E-state index in [1.54, 1.807) is 6.07 Å². The second kappa shape index (κ2) is 9.31. The molecule has 1 aromatic heterocycles. The summed E-state index contributed by atoms with van der Waals surface area (Å²) in [6, 6.07) is 30.7. The van der Waals surface area contributed by atoms with Crippen LogP contribution in [-0.4, -0.2) is 21.5 Å². The van der Waals surface area contributed by atoms with Crippen LogP contribution >= 0.6 is 0 Å². The van der Waals surface area contributed by atoms with Crippen LogP contribution in [0.5, 0.6) is 0 Å². The summed E-state index contributed by atoms with van der Waals surface area (Å²) in [5.74, 6) is 1.58. The van der Waals surface area contributed by atoms with Gasteiger partial charge in [0.05, 0.1) is 28.8 Å².